The highest BCUT2D eigenvalue weighted by atomic mass is 16.1. The van der Waals surface area contributed by atoms with Crippen LogP contribution in [-0.4, -0.2) is 35.0 Å². The second kappa shape index (κ2) is 6.45. The number of fused-ring (bicyclic) bond motifs is 5. The maximum atomic E-state index is 13.2. The molecule has 5 heteroatoms. The molecule has 0 radical (unpaired) electrons. The molecule has 1 fully saturated rings. The van der Waals surface area contributed by atoms with Crippen molar-refractivity contribution in [3.05, 3.63) is 69.3 Å². The molecule has 28 heavy (non-hydrogen) atoms. The molecule has 5 rings (SSSR count). The Kier molecular flexibility index (Phi) is 4.02. The maximum Gasteiger partial charge on any atom is 0.250 e. The molecule has 0 spiro atoms. The number of carbonyl (C=O) groups is 1. The third kappa shape index (κ3) is 2.81. The number of hydrogen-bond donors (Lipinski definition) is 2. The summed E-state index contributed by atoms with van der Waals surface area (Å²) in [6, 6.07) is 11.8. The topological polar surface area (TPSA) is 59.3 Å². The molecule has 144 valence electrons. The summed E-state index contributed by atoms with van der Waals surface area (Å²) in [4.78, 5) is 30.1. The Labute approximate surface area is 164 Å². The zero-order valence-electron chi connectivity index (χ0n) is 16.4. The molecule has 2 aliphatic rings. The lowest BCUT2D eigenvalue weighted by molar-refractivity contribution is -0.902. The number of benzene rings is 1. The van der Waals surface area contributed by atoms with Gasteiger partial charge in [0.15, 0.2) is 0 Å². The number of nitrogens with zero attached hydrogens (tertiary/aromatic N) is 1. The lowest BCUT2D eigenvalue weighted by Crippen LogP contribution is -3.15. The molecular weight excluding hydrogens is 350 g/mol. The van der Waals surface area contributed by atoms with Crippen LogP contribution >= 0.6 is 0 Å². The molecule has 1 saturated heterocycles. The number of ketones is 1. The van der Waals surface area contributed by atoms with Crippen molar-refractivity contribution in [1.29, 1.82) is 0 Å². The number of aromatic amines is 1. The van der Waals surface area contributed by atoms with Gasteiger partial charge in [-0.25, -0.2) is 0 Å². The van der Waals surface area contributed by atoms with Gasteiger partial charge in [-0.2, -0.15) is 0 Å². The third-order valence-corrected chi connectivity index (χ3v) is 6.50. The van der Waals surface area contributed by atoms with Crippen molar-refractivity contribution in [1.82, 2.24) is 9.55 Å². The molecule has 0 amide bonds. The molecule has 2 N–H and O–H groups in total. The van der Waals surface area contributed by atoms with E-state index < -0.39 is 0 Å². The van der Waals surface area contributed by atoms with Gasteiger partial charge >= 0.3 is 0 Å². The first-order valence-corrected chi connectivity index (χ1v) is 10.1. The number of piperidine rings is 1. The molecule has 3 aromatic rings. The minimum absolute atomic E-state index is 0.108. The van der Waals surface area contributed by atoms with E-state index in [-0.39, 0.29) is 11.3 Å². The van der Waals surface area contributed by atoms with E-state index in [1.807, 2.05) is 17.6 Å². The van der Waals surface area contributed by atoms with Gasteiger partial charge in [0.1, 0.15) is 6.54 Å². The number of carbonyl (C=O) groups excluding carboxylic acids is 1. The standard InChI is InChI=1S/C23H25N3O2/c1-14-6-7-18-19(8-14)24-15(2)23(18)21(27)13-25-10-16-9-17(12-25)20-4-3-5-22(28)26(20)11-16/h3-8,16-17,24H,9-13H2,1-2H3/p+1/t16-,17-/m1/s1. The number of H-pyrrole nitrogens is 1. The van der Waals surface area contributed by atoms with Crippen LogP contribution in [0.15, 0.2) is 41.2 Å². The van der Waals surface area contributed by atoms with Crippen LogP contribution < -0.4 is 10.5 Å². The first kappa shape index (κ1) is 17.4. The number of likely N-dealkylation sites (tertiary alicyclic amines) is 1. The van der Waals surface area contributed by atoms with Gasteiger partial charge in [-0.3, -0.25) is 9.59 Å². The van der Waals surface area contributed by atoms with Crippen LogP contribution in [0, 0.1) is 19.8 Å². The lowest BCUT2D eigenvalue weighted by Gasteiger charge is -2.40. The van der Waals surface area contributed by atoms with Gasteiger partial charge in [-0.1, -0.05) is 18.2 Å². The average Bonchev–Trinajstić information content (AvgIpc) is 2.97. The van der Waals surface area contributed by atoms with Gasteiger partial charge in [-0.15, -0.1) is 0 Å². The van der Waals surface area contributed by atoms with Gasteiger partial charge in [0.25, 0.3) is 5.56 Å². The smallest absolute Gasteiger partial charge is 0.250 e. The highest BCUT2D eigenvalue weighted by Gasteiger charge is 2.38. The summed E-state index contributed by atoms with van der Waals surface area (Å²) >= 11 is 0. The highest BCUT2D eigenvalue weighted by molar-refractivity contribution is 6.09. The van der Waals surface area contributed by atoms with Crippen LogP contribution in [0.25, 0.3) is 10.9 Å². The van der Waals surface area contributed by atoms with E-state index in [0.717, 1.165) is 53.9 Å². The fraction of sp³-hybridized carbons (Fsp3) is 0.391. The van der Waals surface area contributed by atoms with E-state index in [0.29, 0.717) is 18.4 Å². The van der Waals surface area contributed by atoms with E-state index >= 15 is 0 Å². The van der Waals surface area contributed by atoms with Crippen LogP contribution in [0.4, 0.5) is 0 Å². The Hall–Kier alpha value is -2.66. The van der Waals surface area contributed by atoms with E-state index in [9.17, 15) is 9.59 Å². The fourth-order valence-corrected chi connectivity index (χ4v) is 5.38. The third-order valence-electron chi connectivity index (χ3n) is 6.50. The SMILES string of the molecule is Cc1ccc2c(C(=O)C[NH+]3C[C@H]4C[C@H](C3)c3cccc(=O)n3C4)c(C)[nH]c2c1. The largest absolute Gasteiger partial charge is 0.358 e. The number of aromatic nitrogens is 2. The quantitative estimate of drug-likeness (QED) is 0.685. The second-order valence-corrected chi connectivity index (χ2v) is 8.63. The van der Waals surface area contributed by atoms with Crippen molar-refractivity contribution in [2.75, 3.05) is 19.6 Å². The Morgan fingerprint density at radius 1 is 1.21 bits per heavy atom. The summed E-state index contributed by atoms with van der Waals surface area (Å²) in [5.74, 6) is 1.06. The van der Waals surface area contributed by atoms with Crippen LogP contribution in [0.3, 0.4) is 0 Å². The van der Waals surface area contributed by atoms with Crippen molar-refractivity contribution in [3.63, 3.8) is 0 Å². The zero-order valence-corrected chi connectivity index (χ0v) is 16.4. The minimum Gasteiger partial charge on any atom is -0.358 e. The summed E-state index contributed by atoms with van der Waals surface area (Å²) in [5.41, 5.74) is 5.29. The van der Waals surface area contributed by atoms with Crippen molar-refractivity contribution < 1.29 is 9.69 Å². The number of pyridine rings is 1. The highest BCUT2D eigenvalue weighted by Crippen LogP contribution is 2.30. The molecule has 1 unspecified atom stereocenters. The lowest BCUT2D eigenvalue weighted by atomic mass is 9.83. The summed E-state index contributed by atoms with van der Waals surface area (Å²) < 4.78 is 1.95. The molecule has 2 bridgehead atoms. The zero-order chi connectivity index (χ0) is 19.4. The Bertz CT molecular complexity index is 1140. The molecule has 0 saturated carbocycles. The van der Waals surface area contributed by atoms with Gasteiger partial charge in [0.2, 0.25) is 5.78 Å². The molecule has 3 atom stereocenters. The number of nitrogens with one attached hydrogen (secondary N) is 2. The summed E-state index contributed by atoms with van der Waals surface area (Å²) in [5, 5.41) is 1.03. The second-order valence-electron chi connectivity index (χ2n) is 8.63. The monoisotopic (exact) mass is 376 g/mol. The van der Waals surface area contributed by atoms with Crippen molar-refractivity contribution in [2.24, 2.45) is 5.92 Å². The number of quaternary nitrogens is 1. The Morgan fingerprint density at radius 3 is 2.93 bits per heavy atom. The number of rotatable bonds is 3. The predicted molar refractivity (Wildman–Crippen MR) is 109 cm³/mol. The molecule has 1 aromatic carbocycles. The Morgan fingerprint density at radius 2 is 2.07 bits per heavy atom. The van der Waals surface area contributed by atoms with Crippen molar-refractivity contribution in [2.45, 2.75) is 32.7 Å². The van der Waals surface area contributed by atoms with Crippen molar-refractivity contribution >= 4 is 16.7 Å². The summed E-state index contributed by atoms with van der Waals surface area (Å²) in [6.45, 7) is 7.25. The van der Waals surface area contributed by atoms with Crippen LogP contribution in [0.5, 0.6) is 0 Å². The number of hydrogen-bond acceptors (Lipinski definition) is 2. The number of aryl methyl sites for hydroxylation is 2. The van der Waals surface area contributed by atoms with Crippen molar-refractivity contribution in [3.8, 4) is 0 Å². The van der Waals surface area contributed by atoms with E-state index in [1.54, 1.807) is 6.07 Å². The molecule has 0 aliphatic carbocycles. The fourth-order valence-electron chi connectivity index (χ4n) is 5.38. The molecule has 5 nitrogen and oxygen atoms in total. The first-order valence-electron chi connectivity index (χ1n) is 10.1. The van der Waals surface area contributed by atoms with E-state index in [4.69, 9.17) is 0 Å². The Balaban J connectivity index is 1.40. The van der Waals surface area contributed by atoms with Crippen LogP contribution in [0.1, 0.15) is 39.6 Å². The molecule has 2 aromatic heterocycles. The molecular formula is C23H26N3O2+. The van der Waals surface area contributed by atoms with E-state index in [1.165, 1.54) is 10.5 Å². The normalized spacial score (nSPS) is 23.6. The predicted octanol–water partition coefficient (Wildman–Crippen LogP) is 1.83. The average molecular weight is 376 g/mol. The van der Waals surface area contributed by atoms with Crippen LogP contribution in [-0.2, 0) is 6.54 Å². The minimum atomic E-state index is 0.108. The molecule has 2 aliphatic heterocycles. The van der Waals surface area contributed by atoms with E-state index in [2.05, 4.69) is 36.2 Å². The number of Topliss-reactive ketones (excluding diaryl/α,β-unsaturated/α-hetero) is 1. The van der Waals surface area contributed by atoms with Gasteiger partial charge in [0, 0.05) is 46.7 Å². The maximum absolute atomic E-state index is 13.2. The summed E-state index contributed by atoms with van der Waals surface area (Å²) in [6.07, 6.45) is 1.13. The van der Waals surface area contributed by atoms with Gasteiger partial charge < -0.3 is 14.5 Å². The first-order chi connectivity index (χ1) is 13.5. The summed E-state index contributed by atoms with van der Waals surface area (Å²) in [7, 11) is 0. The van der Waals surface area contributed by atoms with Crippen LogP contribution in [0.2, 0.25) is 0 Å². The molecule has 4 heterocycles. The van der Waals surface area contributed by atoms with Gasteiger partial charge in [0.05, 0.1) is 18.7 Å². The van der Waals surface area contributed by atoms with Gasteiger partial charge in [-0.05, 0) is 38.0 Å².